The van der Waals surface area contributed by atoms with Crippen LogP contribution in [0.25, 0.3) is 0 Å². The molecule has 0 fully saturated rings. The zero-order valence-corrected chi connectivity index (χ0v) is 13.6. The first-order valence-electron chi connectivity index (χ1n) is 7.74. The number of benzene rings is 1. The maximum Gasteiger partial charge on any atom is 0.191 e. The Morgan fingerprint density at radius 1 is 1.23 bits per heavy atom. The monoisotopic (exact) mass is 299 g/mol. The van der Waals surface area contributed by atoms with Crippen molar-refractivity contribution in [2.75, 3.05) is 13.1 Å². The Labute approximate surface area is 132 Å². The third-order valence-electron chi connectivity index (χ3n) is 3.24. The summed E-state index contributed by atoms with van der Waals surface area (Å²) in [5.41, 5.74) is 3.67. The summed E-state index contributed by atoms with van der Waals surface area (Å²) in [4.78, 5) is 4.63. The Hall–Kier alpha value is -2.30. The molecule has 1 heterocycles. The van der Waals surface area contributed by atoms with Crippen LogP contribution >= 0.6 is 0 Å². The number of nitrogens with one attached hydrogen (secondary N) is 2. The predicted molar refractivity (Wildman–Crippen MR) is 91.0 cm³/mol. The van der Waals surface area contributed by atoms with Crippen LogP contribution in [0.3, 0.4) is 0 Å². The van der Waals surface area contributed by atoms with E-state index in [1.165, 1.54) is 16.7 Å². The molecule has 0 atom stereocenters. The molecule has 2 aromatic rings. The number of hydrogen-bond acceptors (Lipinski definition) is 2. The second-order valence-electron chi connectivity index (χ2n) is 5.39. The average molecular weight is 299 g/mol. The quantitative estimate of drug-likeness (QED) is 0.635. The van der Waals surface area contributed by atoms with Crippen LogP contribution in [-0.2, 0) is 13.1 Å². The van der Waals surface area contributed by atoms with Crippen molar-refractivity contribution in [1.29, 1.82) is 0 Å². The van der Waals surface area contributed by atoms with E-state index in [4.69, 9.17) is 0 Å². The molecular formula is C17H25N5. The molecule has 0 amide bonds. The van der Waals surface area contributed by atoms with Gasteiger partial charge < -0.3 is 10.6 Å². The van der Waals surface area contributed by atoms with E-state index >= 15 is 0 Å². The molecule has 0 radical (unpaired) electrons. The predicted octanol–water partition coefficient (Wildman–Crippen LogP) is 2.26. The van der Waals surface area contributed by atoms with Gasteiger partial charge in [-0.2, -0.15) is 5.10 Å². The highest BCUT2D eigenvalue weighted by Crippen LogP contribution is 2.04. The van der Waals surface area contributed by atoms with Crippen LogP contribution in [-0.4, -0.2) is 28.8 Å². The Balaban J connectivity index is 1.86. The Kier molecular flexibility index (Phi) is 6.01. The van der Waals surface area contributed by atoms with Crippen molar-refractivity contribution in [3.05, 3.63) is 53.3 Å². The second kappa shape index (κ2) is 8.22. The van der Waals surface area contributed by atoms with Gasteiger partial charge >= 0.3 is 0 Å². The van der Waals surface area contributed by atoms with Crippen LogP contribution in [0.4, 0.5) is 0 Å². The van der Waals surface area contributed by atoms with Gasteiger partial charge in [0.15, 0.2) is 5.96 Å². The number of rotatable bonds is 6. The van der Waals surface area contributed by atoms with Gasteiger partial charge in [0.1, 0.15) is 0 Å². The molecule has 0 bridgehead atoms. The summed E-state index contributed by atoms with van der Waals surface area (Å²) in [5, 5.41) is 10.9. The highest BCUT2D eigenvalue weighted by molar-refractivity contribution is 5.79. The summed E-state index contributed by atoms with van der Waals surface area (Å²) < 4.78 is 1.94. The normalized spacial score (nSPS) is 11.5. The molecule has 0 aliphatic rings. The first-order chi connectivity index (χ1) is 10.7. The highest BCUT2D eigenvalue weighted by atomic mass is 15.3. The van der Waals surface area contributed by atoms with Crippen LogP contribution in [0, 0.1) is 13.8 Å². The summed E-state index contributed by atoms with van der Waals surface area (Å²) in [6.45, 7) is 9.36. The van der Waals surface area contributed by atoms with Crippen molar-refractivity contribution in [3.63, 3.8) is 0 Å². The zero-order valence-electron chi connectivity index (χ0n) is 13.6. The lowest BCUT2D eigenvalue weighted by molar-refractivity contribution is 0.597. The number of hydrogen-bond donors (Lipinski definition) is 2. The van der Waals surface area contributed by atoms with Crippen molar-refractivity contribution in [2.45, 2.75) is 33.9 Å². The van der Waals surface area contributed by atoms with Crippen LogP contribution in [0.15, 0.2) is 41.7 Å². The lowest BCUT2D eigenvalue weighted by Gasteiger charge is -2.11. The molecule has 2 rings (SSSR count). The van der Waals surface area contributed by atoms with Gasteiger partial charge in [0.05, 0.1) is 19.3 Å². The van der Waals surface area contributed by atoms with E-state index in [9.17, 15) is 0 Å². The molecule has 0 unspecified atom stereocenters. The van der Waals surface area contributed by atoms with Crippen molar-refractivity contribution >= 4 is 5.96 Å². The number of aliphatic imine (C=N–C) groups is 1. The fraction of sp³-hybridized carbons (Fsp3) is 0.412. The molecule has 22 heavy (non-hydrogen) atoms. The van der Waals surface area contributed by atoms with Crippen LogP contribution < -0.4 is 10.6 Å². The van der Waals surface area contributed by atoms with E-state index in [1.807, 2.05) is 24.0 Å². The van der Waals surface area contributed by atoms with E-state index in [1.54, 1.807) is 0 Å². The van der Waals surface area contributed by atoms with Gasteiger partial charge in [-0.25, -0.2) is 4.99 Å². The second-order valence-corrected chi connectivity index (χ2v) is 5.39. The molecule has 5 nitrogen and oxygen atoms in total. The fourth-order valence-electron chi connectivity index (χ4n) is 2.20. The fourth-order valence-corrected chi connectivity index (χ4v) is 2.20. The maximum atomic E-state index is 4.63. The first kappa shape index (κ1) is 16.1. The standard InChI is InChI=1S/C17H25N5/c1-4-18-17(19-8-9-22-13-15(3)11-21-22)20-12-16-7-5-6-14(2)10-16/h5-7,10-11,13H,4,8-9,12H2,1-3H3,(H2,18,19,20). The minimum absolute atomic E-state index is 0.678. The van der Waals surface area contributed by atoms with Gasteiger partial charge in [0.2, 0.25) is 0 Å². The topological polar surface area (TPSA) is 54.2 Å². The smallest absolute Gasteiger partial charge is 0.191 e. The molecule has 1 aromatic carbocycles. The number of guanidine groups is 1. The summed E-state index contributed by atoms with van der Waals surface area (Å²) in [6, 6.07) is 8.44. The van der Waals surface area contributed by atoms with Crippen LogP contribution in [0.2, 0.25) is 0 Å². The molecule has 1 aromatic heterocycles. The molecule has 0 saturated heterocycles. The van der Waals surface area contributed by atoms with Gasteiger partial charge in [0, 0.05) is 19.3 Å². The molecule has 0 saturated carbocycles. The van der Waals surface area contributed by atoms with Crippen molar-refractivity contribution in [3.8, 4) is 0 Å². The van der Waals surface area contributed by atoms with Crippen molar-refractivity contribution in [1.82, 2.24) is 20.4 Å². The lowest BCUT2D eigenvalue weighted by atomic mass is 10.1. The summed E-state index contributed by atoms with van der Waals surface area (Å²) in [5.74, 6) is 0.841. The van der Waals surface area contributed by atoms with E-state index in [0.29, 0.717) is 6.54 Å². The van der Waals surface area contributed by atoms with Crippen molar-refractivity contribution in [2.24, 2.45) is 4.99 Å². The van der Waals surface area contributed by atoms with Crippen molar-refractivity contribution < 1.29 is 0 Å². The third-order valence-corrected chi connectivity index (χ3v) is 3.24. The molecule has 0 aliphatic heterocycles. The van der Waals surface area contributed by atoms with Gasteiger partial charge in [-0.05, 0) is 31.9 Å². The Bertz CT molecular complexity index is 615. The van der Waals surface area contributed by atoms with E-state index < -0.39 is 0 Å². The van der Waals surface area contributed by atoms with Gasteiger partial charge in [0.25, 0.3) is 0 Å². The molecular weight excluding hydrogens is 274 g/mol. The molecule has 2 N–H and O–H groups in total. The molecule has 0 spiro atoms. The third kappa shape index (κ3) is 5.24. The SMILES string of the molecule is CCNC(=NCc1cccc(C)c1)NCCn1cc(C)cn1. The molecule has 118 valence electrons. The lowest BCUT2D eigenvalue weighted by Crippen LogP contribution is -2.38. The largest absolute Gasteiger partial charge is 0.357 e. The van der Waals surface area contributed by atoms with E-state index in [0.717, 1.165) is 25.6 Å². The highest BCUT2D eigenvalue weighted by Gasteiger charge is 1.99. The van der Waals surface area contributed by atoms with E-state index in [-0.39, 0.29) is 0 Å². The average Bonchev–Trinajstić information content (AvgIpc) is 2.90. The van der Waals surface area contributed by atoms with E-state index in [2.05, 4.69) is 58.8 Å². The van der Waals surface area contributed by atoms with Crippen LogP contribution in [0.1, 0.15) is 23.6 Å². The summed E-state index contributed by atoms with van der Waals surface area (Å²) in [7, 11) is 0. The number of aromatic nitrogens is 2. The zero-order chi connectivity index (χ0) is 15.8. The van der Waals surface area contributed by atoms with Gasteiger partial charge in [-0.1, -0.05) is 29.8 Å². The van der Waals surface area contributed by atoms with Crippen LogP contribution in [0.5, 0.6) is 0 Å². The van der Waals surface area contributed by atoms with Gasteiger partial charge in [-0.3, -0.25) is 4.68 Å². The number of aryl methyl sites for hydroxylation is 2. The molecule has 5 heteroatoms. The summed E-state index contributed by atoms with van der Waals surface area (Å²) in [6.07, 6.45) is 3.91. The Morgan fingerprint density at radius 2 is 2.09 bits per heavy atom. The maximum absolute atomic E-state index is 4.63. The minimum Gasteiger partial charge on any atom is -0.357 e. The summed E-state index contributed by atoms with van der Waals surface area (Å²) >= 11 is 0. The minimum atomic E-state index is 0.678. The Morgan fingerprint density at radius 3 is 2.77 bits per heavy atom. The van der Waals surface area contributed by atoms with Gasteiger partial charge in [-0.15, -0.1) is 0 Å². The first-order valence-corrected chi connectivity index (χ1v) is 7.74. The number of nitrogens with zero attached hydrogens (tertiary/aromatic N) is 3. The molecule has 0 aliphatic carbocycles.